The van der Waals surface area contributed by atoms with E-state index in [9.17, 15) is 14.4 Å². The van der Waals surface area contributed by atoms with Gasteiger partial charge < -0.3 is 20.3 Å². The second kappa shape index (κ2) is 9.09. The summed E-state index contributed by atoms with van der Waals surface area (Å²) in [6.07, 6.45) is 3.42. The molecule has 1 atom stereocenters. The van der Waals surface area contributed by atoms with Crippen molar-refractivity contribution in [3.63, 3.8) is 0 Å². The first kappa shape index (κ1) is 20.1. The van der Waals surface area contributed by atoms with E-state index in [0.717, 1.165) is 31.6 Å². The summed E-state index contributed by atoms with van der Waals surface area (Å²) in [5.74, 6) is -0.451. The molecule has 0 aromatic heterocycles. The fraction of sp³-hybridized carbons (Fsp3) is 0.348. The van der Waals surface area contributed by atoms with Crippen LogP contribution in [-0.2, 0) is 9.53 Å². The minimum atomic E-state index is -0.311. The summed E-state index contributed by atoms with van der Waals surface area (Å²) in [5.41, 5.74) is 2.11. The maximum absolute atomic E-state index is 12.7. The summed E-state index contributed by atoms with van der Waals surface area (Å²) in [5, 5.41) is 5.71. The van der Waals surface area contributed by atoms with Crippen LogP contribution in [0.3, 0.4) is 0 Å². The zero-order valence-electron chi connectivity index (χ0n) is 16.7. The molecule has 0 radical (unpaired) electrons. The van der Waals surface area contributed by atoms with Crippen molar-refractivity contribution >= 4 is 29.1 Å². The van der Waals surface area contributed by atoms with Crippen LogP contribution in [0.25, 0.3) is 0 Å². The van der Waals surface area contributed by atoms with E-state index in [2.05, 4.69) is 10.6 Å². The number of carbonyl (C=O) groups excluding carboxylic acids is 3. The Morgan fingerprint density at radius 1 is 1.03 bits per heavy atom. The van der Waals surface area contributed by atoms with Gasteiger partial charge in [0, 0.05) is 37.4 Å². The van der Waals surface area contributed by atoms with Crippen molar-refractivity contribution in [2.24, 2.45) is 0 Å². The smallest absolute Gasteiger partial charge is 0.255 e. The van der Waals surface area contributed by atoms with E-state index in [1.54, 1.807) is 53.4 Å². The summed E-state index contributed by atoms with van der Waals surface area (Å²) >= 11 is 0. The van der Waals surface area contributed by atoms with Crippen molar-refractivity contribution in [1.82, 2.24) is 5.32 Å². The Morgan fingerprint density at radius 3 is 2.53 bits per heavy atom. The van der Waals surface area contributed by atoms with E-state index in [0.29, 0.717) is 36.3 Å². The highest BCUT2D eigenvalue weighted by Crippen LogP contribution is 2.22. The SMILES string of the molecule is O=C(Nc1ccccc1C(=O)NC[C@@H]1CCCO1)c1ccc(N2CCCC2=O)cc1. The minimum Gasteiger partial charge on any atom is -0.376 e. The number of hydrogen-bond donors (Lipinski definition) is 2. The van der Waals surface area contributed by atoms with E-state index in [1.807, 2.05) is 0 Å². The molecule has 2 N–H and O–H groups in total. The van der Waals surface area contributed by atoms with Gasteiger partial charge in [0.2, 0.25) is 5.91 Å². The summed E-state index contributed by atoms with van der Waals surface area (Å²) in [4.78, 5) is 38.9. The van der Waals surface area contributed by atoms with Gasteiger partial charge in [-0.05, 0) is 55.7 Å². The van der Waals surface area contributed by atoms with Crippen LogP contribution in [0.2, 0.25) is 0 Å². The molecule has 2 fully saturated rings. The fourth-order valence-electron chi connectivity index (χ4n) is 3.81. The zero-order valence-corrected chi connectivity index (χ0v) is 16.7. The van der Waals surface area contributed by atoms with Crippen molar-refractivity contribution in [3.05, 3.63) is 59.7 Å². The average molecular weight is 407 g/mol. The van der Waals surface area contributed by atoms with Gasteiger partial charge in [-0.2, -0.15) is 0 Å². The first-order valence-corrected chi connectivity index (χ1v) is 10.3. The monoisotopic (exact) mass is 407 g/mol. The number of para-hydroxylation sites is 1. The van der Waals surface area contributed by atoms with Gasteiger partial charge >= 0.3 is 0 Å². The lowest BCUT2D eigenvalue weighted by Crippen LogP contribution is -2.32. The van der Waals surface area contributed by atoms with Gasteiger partial charge in [0.05, 0.1) is 17.4 Å². The van der Waals surface area contributed by atoms with Crippen LogP contribution < -0.4 is 15.5 Å². The summed E-state index contributed by atoms with van der Waals surface area (Å²) < 4.78 is 5.54. The zero-order chi connectivity index (χ0) is 20.9. The van der Waals surface area contributed by atoms with Crippen molar-refractivity contribution in [3.8, 4) is 0 Å². The number of nitrogens with one attached hydrogen (secondary N) is 2. The molecule has 0 spiro atoms. The van der Waals surface area contributed by atoms with Crippen molar-refractivity contribution < 1.29 is 19.1 Å². The second-order valence-electron chi connectivity index (χ2n) is 7.54. The van der Waals surface area contributed by atoms with Gasteiger partial charge in [0.15, 0.2) is 0 Å². The van der Waals surface area contributed by atoms with Gasteiger partial charge in [-0.25, -0.2) is 0 Å². The van der Waals surface area contributed by atoms with E-state index >= 15 is 0 Å². The molecular formula is C23H25N3O4. The number of rotatable bonds is 6. The molecule has 4 rings (SSSR count). The summed E-state index contributed by atoms with van der Waals surface area (Å²) in [6, 6.07) is 13.9. The second-order valence-corrected chi connectivity index (χ2v) is 7.54. The lowest BCUT2D eigenvalue weighted by Gasteiger charge is -2.16. The molecule has 156 valence electrons. The Morgan fingerprint density at radius 2 is 1.83 bits per heavy atom. The van der Waals surface area contributed by atoms with Gasteiger partial charge in [0.1, 0.15) is 0 Å². The average Bonchev–Trinajstić information content (AvgIpc) is 3.44. The van der Waals surface area contributed by atoms with E-state index in [1.165, 1.54) is 0 Å². The van der Waals surface area contributed by atoms with Crippen molar-refractivity contribution in [2.75, 3.05) is 29.9 Å². The molecule has 2 saturated heterocycles. The Hall–Kier alpha value is -3.19. The van der Waals surface area contributed by atoms with Crippen LogP contribution in [0.15, 0.2) is 48.5 Å². The number of hydrogen-bond acceptors (Lipinski definition) is 4. The highest BCUT2D eigenvalue weighted by molar-refractivity contribution is 6.09. The highest BCUT2D eigenvalue weighted by atomic mass is 16.5. The normalized spacial score (nSPS) is 18.5. The maximum atomic E-state index is 12.7. The summed E-state index contributed by atoms with van der Waals surface area (Å²) in [7, 11) is 0. The van der Waals surface area contributed by atoms with Gasteiger partial charge in [-0.1, -0.05) is 12.1 Å². The van der Waals surface area contributed by atoms with Crippen molar-refractivity contribution in [2.45, 2.75) is 31.8 Å². The van der Waals surface area contributed by atoms with Gasteiger partial charge in [0.25, 0.3) is 11.8 Å². The largest absolute Gasteiger partial charge is 0.376 e. The number of benzene rings is 2. The molecule has 2 aromatic carbocycles. The van der Waals surface area contributed by atoms with Crippen LogP contribution >= 0.6 is 0 Å². The number of nitrogens with zero attached hydrogens (tertiary/aromatic N) is 1. The Labute approximate surface area is 175 Å². The molecule has 2 aromatic rings. The topological polar surface area (TPSA) is 87.7 Å². The number of ether oxygens (including phenoxy) is 1. The van der Waals surface area contributed by atoms with Crippen LogP contribution in [0.1, 0.15) is 46.4 Å². The van der Waals surface area contributed by atoms with Crippen molar-refractivity contribution in [1.29, 1.82) is 0 Å². The number of anilines is 2. The predicted octanol–water partition coefficient (Wildman–Crippen LogP) is 2.97. The summed E-state index contributed by atoms with van der Waals surface area (Å²) in [6.45, 7) is 1.90. The Bertz CT molecular complexity index is 936. The third kappa shape index (κ3) is 4.52. The van der Waals surface area contributed by atoms with Crippen LogP contribution in [0, 0.1) is 0 Å². The van der Waals surface area contributed by atoms with Crippen LogP contribution in [-0.4, -0.2) is 43.5 Å². The predicted molar refractivity (Wildman–Crippen MR) is 114 cm³/mol. The highest BCUT2D eigenvalue weighted by Gasteiger charge is 2.22. The Balaban J connectivity index is 1.41. The molecule has 7 heteroatoms. The molecule has 0 bridgehead atoms. The van der Waals surface area contributed by atoms with Crippen LogP contribution in [0.4, 0.5) is 11.4 Å². The molecule has 2 aliphatic rings. The quantitative estimate of drug-likeness (QED) is 0.771. The maximum Gasteiger partial charge on any atom is 0.255 e. The minimum absolute atomic E-state index is 0.0525. The molecule has 2 heterocycles. The molecule has 30 heavy (non-hydrogen) atoms. The first-order valence-electron chi connectivity index (χ1n) is 10.3. The Kier molecular flexibility index (Phi) is 6.09. The molecule has 2 aliphatic heterocycles. The van der Waals surface area contributed by atoms with E-state index in [-0.39, 0.29) is 23.8 Å². The molecule has 0 unspecified atom stereocenters. The molecule has 3 amide bonds. The molecule has 0 saturated carbocycles. The third-order valence-electron chi connectivity index (χ3n) is 5.45. The number of amides is 3. The standard InChI is InChI=1S/C23H25N3O4/c27-21-8-3-13-26(21)17-11-9-16(10-12-17)22(28)25-20-7-2-1-6-19(20)23(29)24-15-18-5-4-14-30-18/h1-2,6-7,9-12,18H,3-5,8,13-15H2,(H,24,29)(H,25,28)/t18-/m0/s1. The number of carbonyl (C=O) groups is 3. The van der Waals surface area contributed by atoms with Gasteiger partial charge in [-0.15, -0.1) is 0 Å². The lowest BCUT2D eigenvalue weighted by molar-refractivity contribution is -0.117. The van der Waals surface area contributed by atoms with Gasteiger partial charge in [-0.3, -0.25) is 14.4 Å². The molecule has 0 aliphatic carbocycles. The fourth-order valence-corrected chi connectivity index (χ4v) is 3.81. The molecule has 7 nitrogen and oxygen atoms in total. The lowest BCUT2D eigenvalue weighted by atomic mass is 10.1. The van der Waals surface area contributed by atoms with Crippen LogP contribution in [0.5, 0.6) is 0 Å². The molecular weight excluding hydrogens is 382 g/mol. The van der Waals surface area contributed by atoms with E-state index in [4.69, 9.17) is 4.74 Å². The third-order valence-corrected chi connectivity index (χ3v) is 5.45. The first-order chi connectivity index (χ1) is 14.6. The van der Waals surface area contributed by atoms with E-state index < -0.39 is 0 Å².